The summed E-state index contributed by atoms with van der Waals surface area (Å²) in [4.78, 5) is 15.8. The molecular weight excluding hydrogens is 316 g/mol. The Bertz CT molecular complexity index is 735. The van der Waals surface area contributed by atoms with E-state index in [4.69, 9.17) is 4.74 Å². The number of carbonyl (C=O) groups excluding carboxylic acids is 1. The molecular formula is C11H14N4O4S2. The van der Waals surface area contributed by atoms with Gasteiger partial charge in [0.1, 0.15) is 5.56 Å². The molecule has 0 fully saturated rings. The molecule has 2 aromatic rings. The van der Waals surface area contributed by atoms with Gasteiger partial charge in [-0.3, -0.25) is 5.10 Å². The number of sulfonamides is 1. The fourth-order valence-electron chi connectivity index (χ4n) is 1.56. The summed E-state index contributed by atoms with van der Waals surface area (Å²) in [6.45, 7) is 3.65. The maximum Gasteiger partial charge on any atom is 0.342 e. The van der Waals surface area contributed by atoms with Gasteiger partial charge in [-0.05, 0) is 13.8 Å². The van der Waals surface area contributed by atoms with Crippen molar-refractivity contribution in [2.24, 2.45) is 0 Å². The molecule has 2 rings (SSSR count). The average molecular weight is 330 g/mol. The molecule has 10 heteroatoms. The number of aryl methyl sites for hydroxylation is 1. The number of nitrogens with one attached hydrogen (secondary N) is 2. The number of hydrogen-bond donors (Lipinski definition) is 2. The highest BCUT2D eigenvalue weighted by Crippen LogP contribution is 2.14. The number of hydrogen-bond acceptors (Lipinski definition) is 7. The van der Waals surface area contributed by atoms with Crippen LogP contribution in [0.3, 0.4) is 0 Å². The van der Waals surface area contributed by atoms with Crippen molar-refractivity contribution < 1.29 is 17.9 Å². The summed E-state index contributed by atoms with van der Waals surface area (Å²) in [7, 11) is -3.90. The van der Waals surface area contributed by atoms with E-state index < -0.39 is 16.0 Å². The third kappa shape index (κ3) is 3.65. The number of aromatic amines is 1. The van der Waals surface area contributed by atoms with Crippen molar-refractivity contribution in [1.82, 2.24) is 19.9 Å². The Morgan fingerprint density at radius 2 is 2.29 bits per heavy atom. The summed E-state index contributed by atoms with van der Waals surface area (Å²) in [6.07, 6.45) is 1.12. The minimum Gasteiger partial charge on any atom is -0.462 e. The van der Waals surface area contributed by atoms with Crippen molar-refractivity contribution in [3.8, 4) is 0 Å². The molecule has 21 heavy (non-hydrogen) atoms. The van der Waals surface area contributed by atoms with Crippen molar-refractivity contribution >= 4 is 27.3 Å². The molecule has 0 atom stereocenters. The zero-order valence-electron chi connectivity index (χ0n) is 11.4. The summed E-state index contributed by atoms with van der Waals surface area (Å²) >= 11 is 1.43. The molecule has 0 aliphatic carbocycles. The van der Waals surface area contributed by atoms with E-state index in [0.717, 1.165) is 11.2 Å². The summed E-state index contributed by atoms with van der Waals surface area (Å²) in [6, 6.07) is 0. The van der Waals surface area contributed by atoms with Crippen LogP contribution < -0.4 is 4.72 Å². The van der Waals surface area contributed by atoms with Gasteiger partial charge in [-0.15, -0.1) is 11.3 Å². The molecule has 0 unspecified atom stereocenters. The maximum absolute atomic E-state index is 12.2. The first-order chi connectivity index (χ1) is 9.94. The Kier molecular flexibility index (Phi) is 4.70. The molecule has 0 saturated heterocycles. The van der Waals surface area contributed by atoms with Crippen molar-refractivity contribution in [1.29, 1.82) is 0 Å². The Morgan fingerprint density at radius 1 is 1.52 bits per heavy atom. The van der Waals surface area contributed by atoms with Crippen LogP contribution in [0.5, 0.6) is 0 Å². The third-order valence-corrected chi connectivity index (χ3v) is 4.67. The highest BCUT2D eigenvalue weighted by Gasteiger charge is 2.25. The molecule has 0 radical (unpaired) electrons. The van der Waals surface area contributed by atoms with E-state index >= 15 is 0 Å². The average Bonchev–Trinajstić information content (AvgIpc) is 3.05. The van der Waals surface area contributed by atoms with Gasteiger partial charge in [0, 0.05) is 5.38 Å². The molecule has 0 bridgehead atoms. The number of H-pyrrole nitrogens is 1. The first kappa shape index (κ1) is 15.6. The van der Waals surface area contributed by atoms with Crippen molar-refractivity contribution in [2.75, 3.05) is 6.61 Å². The van der Waals surface area contributed by atoms with Crippen molar-refractivity contribution in [3.05, 3.63) is 27.8 Å². The number of nitrogens with zero attached hydrogens (tertiary/aromatic N) is 2. The van der Waals surface area contributed by atoms with Gasteiger partial charge in [0.05, 0.1) is 30.1 Å². The molecule has 0 amide bonds. The number of aromatic nitrogens is 3. The fourth-order valence-corrected chi connectivity index (χ4v) is 3.26. The summed E-state index contributed by atoms with van der Waals surface area (Å²) in [5, 5.41) is 8.19. The van der Waals surface area contributed by atoms with Gasteiger partial charge in [0.15, 0.2) is 5.03 Å². The standard InChI is InChI=1S/C11H14N4O4S2/c1-3-19-11(16)9-5-12-15-10(9)21(17,18)13-4-8-6-20-7(2)14-8/h5-6,13H,3-4H2,1-2H3,(H,12,15). The van der Waals surface area contributed by atoms with Crippen molar-refractivity contribution in [2.45, 2.75) is 25.4 Å². The van der Waals surface area contributed by atoms with Crippen LogP contribution >= 0.6 is 11.3 Å². The van der Waals surface area contributed by atoms with Gasteiger partial charge in [-0.25, -0.2) is 22.9 Å². The Balaban J connectivity index is 2.16. The molecule has 0 spiro atoms. The molecule has 2 heterocycles. The van der Waals surface area contributed by atoms with Gasteiger partial charge in [-0.1, -0.05) is 0 Å². The summed E-state index contributed by atoms with van der Waals surface area (Å²) < 4.78 is 31.5. The van der Waals surface area contributed by atoms with Crippen LogP contribution in [0.2, 0.25) is 0 Å². The SMILES string of the molecule is CCOC(=O)c1cn[nH]c1S(=O)(=O)NCc1csc(C)n1. The normalized spacial score (nSPS) is 11.5. The first-order valence-corrected chi connectivity index (χ1v) is 8.41. The fraction of sp³-hybridized carbons (Fsp3) is 0.364. The van der Waals surface area contributed by atoms with Crippen LogP contribution in [0.25, 0.3) is 0 Å². The third-order valence-electron chi connectivity index (χ3n) is 2.48. The monoisotopic (exact) mass is 330 g/mol. The molecule has 0 aliphatic rings. The van der Waals surface area contributed by atoms with E-state index in [1.807, 2.05) is 6.92 Å². The Labute approximate surface area is 125 Å². The van der Waals surface area contributed by atoms with E-state index in [2.05, 4.69) is 19.9 Å². The first-order valence-electron chi connectivity index (χ1n) is 6.05. The number of rotatable bonds is 6. The van der Waals surface area contributed by atoms with Gasteiger partial charge < -0.3 is 4.74 Å². The molecule has 0 aromatic carbocycles. The van der Waals surface area contributed by atoms with Crippen LogP contribution in [0.1, 0.15) is 28.0 Å². The van der Waals surface area contributed by atoms with Crippen LogP contribution in [-0.4, -0.2) is 36.2 Å². The predicted molar refractivity (Wildman–Crippen MR) is 75.4 cm³/mol. The quantitative estimate of drug-likeness (QED) is 0.758. The van der Waals surface area contributed by atoms with Crippen LogP contribution in [0, 0.1) is 6.92 Å². The summed E-state index contributed by atoms with van der Waals surface area (Å²) in [5.41, 5.74) is 0.483. The van der Waals surface area contributed by atoms with E-state index in [0.29, 0.717) is 5.69 Å². The molecule has 2 N–H and O–H groups in total. The van der Waals surface area contributed by atoms with Gasteiger partial charge >= 0.3 is 5.97 Å². The lowest BCUT2D eigenvalue weighted by molar-refractivity contribution is 0.0522. The molecule has 8 nitrogen and oxygen atoms in total. The van der Waals surface area contributed by atoms with E-state index in [1.54, 1.807) is 12.3 Å². The summed E-state index contributed by atoms with van der Waals surface area (Å²) in [5.74, 6) is -0.740. The van der Waals surface area contributed by atoms with Gasteiger partial charge in [-0.2, -0.15) is 5.10 Å². The molecule has 0 saturated carbocycles. The highest BCUT2D eigenvalue weighted by atomic mass is 32.2. The lowest BCUT2D eigenvalue weighted by Gasteiger charge is -2.05. The lowest BCUT2D eigenvalue weighted by atomic mass is 10.4. The number of carbonyl (C=O) groups is 1. The number of esters is 1. The Hall–Kier alpha value is -1.78. The van der Waals surface area contributed by atoms with E-state index in [-0.39, 0.29) is 23.7 Å². The van der Waals surface area contributed by atoms with Crippen LogP contribution in [-0.2, 0) is 21.3 Å². The largest absolute Gasteiger partial charge is 0.462 e. The highest BCUT2D eigenvalue weighted by molar-refractivity contribution is 7.89. The van der Waals surface area contributed by atoms with Crippen LogP contribution in [0.4, 0.5) is 0 Å². The molecule has 114 valence electrons. The second kappa shape index (κ2) is 6.33. The number of ether oxygens (including phenoxy) is 1. The molecule has 2 aromatic heterocycles. The topological polar surface area (TPSA) is 114 Å². The van der Waals surface area contributed by atoms with Crippen LogP contribution in [0.15, 0.2) is 16.6 Å². The predicted octanol–water partition coefficient (Wildman–Crippen LogP) is 0.830. The zero-order chi connectivity index (χ0) is 15.5. The number of thiazole rings is 1. The van der Waals surface area contributed by atoms with Gasteiger partial charge in [0.25, 0.3) is 10.0 Å². The second-order valence-corrected chi connectivity index (χ2v) is 6.78. The minimum absolute atomic E-state index is 0.0357. The Morgan fingerprint density at radius 3 is 2.90 bits per heavy atom. The zero-order valence-corrected chi connectivity index (χ0v) is 13.0. The minimum atomic E-state index is -3.90. The van der Waals surface area contributed by atoms with E-state index in [9.17, 15) is 13.2 Å². The lowest BCUT2D eigenvalue weighted by Crippen LogP contribution is -2.25. The van der Waals surface area contributed by atoms with Crippen molar-refractivity contribution in [3.63, 3.8) is 0 Å². The smallest absolute Gasteiger partial charge is 0.342 e. The maximum atomic E-state index is 12.2. The molecule has 0 aliphatic heterocycles. The van der Waals surface area contributed by atoms with Gasteiger partial charge in [0.2, 0.25) is 0 Å². The second-order valence-electron chi connectivity index (χ2n) is 4.02. The van der Waals surface area contributed by atoms with E-state index in [1.165, 1.54) is 11.3 Å².